The molecular weight excluding hydrogens is 449 g/mol. The molecule has 3 rings (SSSR count). The lowest BCUT2D eigenvalue weighted by atomic mass is 9.67. The Morgan fingerprint density at radius 2 is 1.81 bits per heavy atom. The van der Waals surface area contributed by atoms with Gasteiger partial charge in [-0.05, 0) is 55.2 Å². The van der Waals surface area contributed by atoms with Gasteiger partial charge in [0.1, 0.15) is 0 Å². The van der Waals surface area contributed by atoms with Crippen molar-refractivity contribution in [2.45, 2.75) is 64.1 Å². The Labute approximate surface area is 199 Å². The fourth-order valence-corrected chi connectivity index (χ4v) is 5.34. The third-order valence-electron chi connectivity index (χ3n) is 6.46. The van der Waals surface area contributed by atoms with E-state index in [-0.39, 0.29) is 18.2 Å². The van der Waals surface area contributed by atoms with Crippen LogP contribution in [0.2, 0.25) is 10.0 Å². The van der Waals surface area contributed by atoms with E-state index in [0.717, 1.165) is 11.1 Å². The van der Waals surface area contributed by atoms with Gasteiger partial charge in [0.05, 0.1) is 30.0 Å². The number of nitrogens with zero attached hydrogens (tertiary/aromatic N) is 1. The summed E-state index contributed by atoms with van der Waals surface area (Å²) in [5.74, 6) is -1.50. The molecule has 5 nitrogen and oxygen atoms in total. The number of aliphatic hydroxyl groups excluding tert-OH is 1. The molecule has 5 atom stereocenters. The molecule has 2 aromatic carbocycles. The first-order valence-corrected chi connectivity index (χ1v) is 11.6. The number of hydrogen-bond donors (Lipinski definition) is 2. The fraction of sp³-hybridized carbons (Fsp3) is 0.440. The largest absolute Gasteiger partial charge is 0.481 e. The van der Waals surface area contributed by atoms with Crippen molar-refractivity contribution in [1.29, 1.82) is 0 Å². The first-order chi connectivity index (χ1) is 15.1. The van der Waals surface area contributed by atoms with E-state index >= 15 is 0 Å². The number of amides is 1. The summed E-state index contributed by atoms with van der Waals surface area (Å²) in [5.41, 5.74) is 0.681. The van der Waals surface area contributed by atoms with E-state index < -0.39 is 29.6 Å². The van der Waals surface area contributed by atoms with Crippen molar-refractivity contribution >= 4 is 35.1 Å². The second kappa shape index (κ2) is 9.82. The van der Waals surface area contributed by atoms with Crippen molar-refractivity contribution in [1.82, 2.24) is 4.90 Å². The van der Waals surface area contributed by atoms with E-state index in [2.05, 4.69) is 0 Å². The lowest BCUT2D eigenvalue weighted by molar-refractivity contribution is -0.163. The molecule has 0 radical (unpaired) electrons. The number of halogens is 2. The molecule has 0 saturated carbocycles. The Balaban J connectivity index is 2.25. The molecule has 0 aliphatic carbocycles. The lowest BCUT2D eigenvalue weighted by Gasteiger charge is -2.52. The van der Waals surface area contributed by atoms with E-state index in [9.17, 15) is 19.8 Å². The van der Waals surface area contributed by atoms with Crippen LogP contribution < -0.4 is 0 Å². The van der Waals surface area contributed by atoms with Gasteiger partial charge in [0.2, 0.25) is 5.91 Å². The SMILES string of the molecule is CC[C@@H]([C@H](C)O)N1C(=O)[C@@](C)(CC(=O)O)CC(c2cccc(Cl)c2)[C@H]1c1ccc(Cl)cc1. The molecule has 1 saturated heterocycles. The molecule has 1 fully saturated rings. The number of hydrogen-bond acceptors (Lipinski definition) is 3. The maximum absolute atomic E-state index is 13.9. The Morgan fingerprint density at radius 1 is 1.16 bits per heavy atom. The molecule has 7 heteroatoms. The molecule has 2 N–H and O–H groups in total. The van der Waals surface area contributed by atoms with Crippen molar-refractivity contribution < 1.29 is 19.8 Å². The fourth-order valence-electron chi connectivity index (χ4n) is 5.02. The first kappa shape index (κ1) is 24.6. The standard InChI is InChI=1S/C25H29Cl2NO4/c1-4-21(15(2)29)28-23(16-8-10-18(26)11-9-16)20(17-6-5-7-19(27)12-17)13-25(3,24(28)32)14-22(30)31/h5-12,15,20-21,23,29H,4,13-14H2,1-3H3,(H,30,31)/t15-,20?,21-,23+,25+/m0/s1. The van der Waals surface area contributed by atoms with Gasteiger partial charge in [0.25, 0.3) is 0 Å². The Bertz CT molecular complexity index is 978. The minimum atomic E-state index is -1.12. The van der Waals surface area contributed by atoms with Crippen LogP contribution in [0.1, 0.15) is 63.1 Å². The van der Waals surface area contributed by atoms with Gasteiger partial charge in [-0.25, -0.2) is 0 Å². The Morgan fingerprint density at radius 3 is 2.34 bits per heavy atom. The molecular formula is C25H29Cl2NO4. The van der Waals surface area contributed by atoms with Gasteiger partial charge < -0.3 is 15.1 Å². The van der Waals surface area contributed by atoms with Gasteiger partial charge >= 0.3 is 5.97 Å². The zero-order valence-corrected chi connectivity index (χ0v) is 20.0. The molecule has 1 aliphatic heterocycles. The van der Waals surface area contributed by atoms with E-state index in [1.807, 2.05) is 37.3 Å². The number of carboxylic acid groups (broad SMARTS) is 1. The van der Waals surface area contributed by atoms with Crippen LogP contribution in [0.4, 0.5) is 0 Å². The number of likely N-dealkylation sites (tertiary alicyclic amines) is 1. The number of piperidine rings is 1. The smallest absolute Gasteiger partial charge is 0.304 e. The monoisotopic (exact) mass is 477 g/mol. The van der Waals surface area contributed by atoms with Gasteiger partial charge in [0.15, 0.2) is 0 Å². The minimum Gasteiger partial charge on any atom is -0.481 e. The summed E-state index contributed by atoms with van der Waals surface area (Å²) in [7, 11) is 0. The van der Waals surface area contributed by atoms with Crippen molar-refractivity contribution in [3.63, 3.8) is 0 Å². The average Bonchev–Trinajstić information content (AvgIpc) is 2.71. The third-order valence-corrected chi connectivity index (χ3v) is 6.95. The predicted molar refractivity (Wildman–Crippen MR) is 126 cm³/mol. The van der Waals surface area contributed by atoms with E-state index in [0.29, 0.717) is 22.9 Å². The normalized spacial score (nSPS) is 25.4. The lowest BCUT2D eigenvalue weighted by Crippen LogP contribution is -2.58. The van der Waals surface area contributed by atoms with Crippen LogP contribution in [0, 0.1) is 5.41 Å². The molecule has 0 spiro atoms. The van der Waals surface area contributed by atoms with Gasteiger partial charge in [-0.3, -0.25) is 9.59 Å². The number of carbonyl (C=O) groups is 2. The highest BCUT2D eigenvalue weighted by molar-refractivity contribution is 6.30. The number of carboxylic acids is 1. The molecule has 0 bridgehead atoms. The zero-order valence-electron chi connectivity index (χ0n) is 18.5. The van der Waals surface area contributed by atoms with E-state index in [1.165, 1.54) is 0 Å². The summed E-state index contributed by atoms with van der Waals surface area (Å²) in [6, 6.07) is 13.9. The van der Waals surface area contributed by atoms with Crippen LogP contribution in [0.25, 0.3) is 0 Å². The summed E-state index contributed by atoms with van der Waals surface area (Å²) >= 11 is 12.4. The number of benzene rings is 2. The number of aliphatic carboxylic acids is 1. The highest BCUT2D eigenvalue weighted by Crippen LogP contribution is 2.52. The highest BCUT2D eigenvalue weighted by Gasteiger charge is 2.52. The minimum absolute atomic E-state index is 0.218. The quantitative estimate of drug-likeness (QED) is 0.536. The number of aliphatic hydroxyl groups is 1. The van der Waals surface area contributed by atoms with E-state index in [1.54, 1.807) is 36.9 Å². The molecule has 172 valence electrons. The molecule has 2 aromatic rings. The van der Waals surface area contributed by atoms with Crippen molar-refractivity contribution in [2.75, 3.05) is 0 Å². The molecule has 1 aliphatic rings. The predicted octanol–water partition coefficient (Wildman–Crippen LogP) is 5.69. The van der Waals surface area contributed by atoms with Crippen LogP contribution in [0.15, 0.2) is 48.5 Å². The zero-order chi connectivity index (χ0) is 23.6. The average molecular weight is 478 g/mol. The molecule has 32 heavy (non-hydrogen) atoms. The second-order valence-corrected chi connectivity index (χ2v) is 9.79. The summed E-state index contributed by atoms with van der Waals surface area (Å²) in [5, 5.41) is 21.3. The molecule has 1 unspecified atom stereocenters. The highest BCUT2D eigenvalue weighted by atomic mass is 35.5. The van der Waals surface area contributed by atoms with Crippen LogP contribution in [-0.4, -0.2) is 39.1 Å². The van der Waals surface area contributed by atoms with Gasteiger partial charge in [-0.1, -0.05) is 61.3 Å². The van der Waals surface area contributed by atoms with Crippen molar-refractivity contribution in [2.24, 2.45) is 5.41 Å². The summed E-state index contributed by atoms with van der Waals surface area (Å²) < 4.78 is 0. The van der Waals surface area contributed by atoms with E-state index in [4.69, 9.17) is 23.2 Å². The molecule has 1 heterocycles. The summed E-state index contributed by atoms with van der Waals surface area (Å²) in [6.07, 6.45) is -0.202. The maximum Gasteiger partial charge on any atom is 0.304 e. The van der Waals surface area contributed by atoms with Crippen LogP contribution in [-0.2, 0) is 9.59 Å². The summed E-state index contributed by atoms with van der Waals surface area (Å²) in [4.78, 5) is 27.3. The van der Waals surface area contributed by atoms with Crippen LogP contribution in [0.5, 0.6) is 0 Å². The Hall–Kier alpha value is -2.08. The van der Waals surface area contributed by atoms with Crippen LogP contribution >= 0.6 is 23.2 Å². The van der Waals surface area contributed by atoms with Gasteiger partial charge in [-0.15, -0.1) is 0 Å². The van der Waals surface area contributed by atoms with Crippen molar-refractivity contribution in [3.8, 4) is 0 Å². The van der Waals surface area contributed by atoms with Crippen molar-refractivity contribution in [3.05, 3.63) is 69.7 Å². The number of carbonyl (C=O) groups excluding carboxylic acids is 1. The van der Waals surface area contributed by atoms with Gasteiger partial charge in [0, 0.05) is 16.0 Å². The maximum atomic E-state index is 13.9. The number of rotatable bonds is 7. The molecule has 1 amide bonds. The first-order valence-electron chi connectivity index (χ1n) is 10.8. The summed E-state index contributed by atoms with van der Waals surface area (Å²) in [6.45, 7) is 5.29. The molecule has 0 aromatic heterocycles. The van der Waals surface area contributed by atoms with Crippen LogP contribution in [0.3, 0.4) is 0 Å². The van der Waals surface area contributed by atoms with Gasteiger partial charge in [-0.2, -0.15) is 0 Å². The second-order valence-electron chi connectivity index (χ2n) is 8.92. The topological polar surface area (TPSA) is 77.8 Å². The Kier molecular flexibility index (Phi) is 7.53. The third kappa shape index (κ3) is 4.95.